The quantitative estimate of drug-likeness (QED) is 0.727. The number of halogens is 1. The fourth-order valence-corrected chi connectivity index (χ4v) is 3.62. The van der Waals surface area contributed by atoms with E-state index in [0.29, 0.717) is 10.9 Å². The molecule has 2 heterocycles. The molecule has 0 spiro atoms. The van der Waals surface area contributed by atoms with Crippen molar-refractivity contribution in [3.63, 3.8) is 0 Å². The molecule has 1 aromatic carbocycles. The maximum atomic E-state index is 6.05. The highest BCUT2D eigenvalue weighted by Gasteiger charge is 2.18. The molecule has 3 rings (SSSR count). The Kier molecular flexibility index (Phi) is 3.98. The van der Waals surface area contributed by atoms with Crippen LogP contribution in [0.3, 0.4) is 0 Å². The van der Waals surface area contributed by atoms with Crippen LogP contribution in [0.1, 0.15) is 23.7 Å². The Balaban J connectivity index is 1.80. The van der Waals surface area contributed by atoms with Gasteiger partial charge < -0.3 is 0 Å². The second kappa shape index (κ2) is 5.73. The van der Waals surface area contributed by atoms with Gasteiger partial charge >= 0.3 is 0 Å². The van der Waals surface area contributed by atoms with Crippen LogP contribution >= 0.6 is 34.5 Å². The molecule has 0 aliphatic carbocycles. The Hall–Kier alpha value is -1.08. The molecule has 20 heavy (non-hydrogen) atoms. The summed E-state index contributed by atoms with van der Waals surface area (Å²) in [6.45, 7) is 2.82. The van der Waals surface area contributed by atoms with Gasteiger partial charge in [-0.05, 0) is 26.1 Å². The summed E-state index contributed by atoms with van der Waals surface area (Å²) >= 11 is 9.01. The monoisotopic (exact) mass is 324 g/mol. The van der Waals surface area contributed by atoms with Crippen molar-refractivity contribution in [2.45, 2.75) is 19.5 Å². The van der Waals surface area contributed by atoms with Crippen LogP contribution in [0.5, 0.6) is 0 Å². The lowest BCUT2D eigenvalue weighted by Gasteiger charge is -2.21. The van der Waals surface area contributed by atoms with Crippen molar-refractivity contribution in [2.75, 3.05) is 7.05 Å². The van der Waals surface area contributed by atoms with Crippen molar-refractivity contribution in [3.05, 3.63) is 39.3 Å². The summed E-state index contributed by atoms with van der Waals surface area (Å²) in [6.07, 6.45) is 0. The molecule has 4 nitrogen and oxygen atoms in total. The predicted octanol–water partition coefficient (Wildman–Crippen LogP) is 3.99. The van der Waals surface area contributed by atoms with E-state index in [-0.39, 0.29) is 6.04 Å². The average Bonchev–Trinajstić information content (AvgIpc) is 3.04. The van der Waals surface area contributed by atoms with Crippen molar-refractivity contribution >= 4 is 44.7 Å². The number of thiazole rings is 1. The first-order chi connectivity index (χ1) is 9.65. The smallest absolute Gasteiger partial charge is 0.138 e. The summed E-state index contributed by atoms with van der Waals surface area (Å²) in [5, 5.41) is 5.16. The van der Waals surface area contributed by atoms with Gasteiger partial charge in [0.05, 0.1) is 16.3 Å². The molecule has 0 N–H and O–H groups in total. The fraction of sp³-hybridized carbons (Fsp3) is 0.308. The van der Waals surface area contributed by atoms with Gasteiger partial charge in [-0.2, -0.15) is 0 Å². The van der Waals surface area contributed by atoms with E-state index in [1.165, 1.54) is 16.2 Å². The van der Waals surface area contributed by atoms with E-state index in [1.807, 2.05) is 25.2 Å². The number of benzene rings is 1. The summed E-state index contributed by atoms with van der Waals surface area (Å²) in [6, 6.07) is 8.42. The summed E-state index contributed by atoms with van der Waals surface area (Å²) < 4.78 is 5.74. The zero-order valence-electron chi connectivity index (χ0n) is 11.1. The highest BCUT2D eigenvalue weighted by Crippen LogP contribution is 2.30. The SMILES string of the molecule is CC(c1nc2ccccc2s1)N(C)Cc1nnsc1Cl. The lowest BCUT2D eigenvalue weighted by molar-refractivity contribution is 0.250. The van der Waals surface area contributed by atoms with Crippen LogP contribution in [0.4, 0.5) is 0 Å². The van der Waals surface area contributed by atoms with Crippen LogP contribution in [0, 0.1) is 0 Å². The van der Waals surface area contributed by atoms with Crippen LogP contribution < -0.4 is 0 Å². The molecule has 0 radical (unpaired) electrons. The number of rotatable bonds is 4. The van der Waals surface area contributed by atoms with Gasteiger partial charge in [0.15, 0.2) is 0 Å². The minimum absolute atomic E-state index is 0.213. The van der Waals surface area contributed by atoms with E-state index >= 15 is 0 Å². The van der Waals surface area contributed by atoms with Crippen molar-refractivity contribution in [1.82, 2.24) is 19.5 Å². The van der Waals surface area contributed by atoms with Crippen molar-refractivity contribution in [3.8, 4) is 0 Å². The van der Waals surface area contributed by atoms with Gasteiger partial charge in [-0.25, -0.2) is 4.98 Å². The Labute approximate surface area is 130 Å². The summed E-state index contributed by atoms with van der Waals surface area (Å²) in [4.78, 5) is 6.88. The van der Waals surface area contributed by atoms with Gasteiger partial charge in [0, 0.05) is 18.1 Å². The van der Waals surface area contributed by atoms with E-state index in [9.17, 15) is 0 Å². The number of hydrogen-bond acceptors (Lipinski definition) is 6. The Bertz CT molecular complexity index is 691. The third-order valence-electron chi connectivity index (χ3n) is 3.24. The predicted molar refractivity (Wildman–Crippen MR) is 84.4 cm³/mol. The molecular weight excluding hydrogens is 312 g/mol. The zero-order chi connectivity index (χ0) is 14.1. The Morgan fingerprint density at radius 3 is 2.85 bits per heavy atom. The van der Waals surface area contributed by atoms with Crippen LogP contribution in [-0.2, 0) is 6.54 Å². The highest BCUT2D eigenvalue weighted by molar-refractivity contribution is 7.18. The molecule has 0 bridgehead atoms. The van der Waals surface area contributed by atoms with Gasteiger partial charge in [-0.3, -0.25) is 4.90 Å². The second-order valence-electron chi connectivity index (χ2n) is 4.60. The second-order valence-corrected chi connectivity index (χ2v) is 7.02. The molecule has 0 aliphatic heterocycles. The van der Waals surface area contributed by atoms with Crippen molar-refractivity contribution < 1.29 is 0 Å². The molecule has 1 atom stereocenters. The van der Waals surface area contributed by atoms with E-state index in [2.05, 4.69) is 27.5 Å². The van der Waals surface area contributed by atoms with Crippen LogP contribution in [0.25, 0.3) is 10.2 Å². The average molecular weight is 325 g/mol. The third-order valence-corrected chi connectivity index (χ3v) is 5.43. The van der Waals surface area contributed by atoms with E-state index < -0.39 is 0 Å². The largest absolute Gasteiger partial charge is 0.291 e. The molecule has 3 aromatic rings. The maximum Gasteiger partial charge on any atom is 0.138 e. The Morgan fingerprint density at radius 2 is 2.15 bits per heavy atom. The molecular formula is C13H13ClN4S2. The van der Waals surface area contributed by atoms with Crippen molar-refractivity contribution in [2.24, 2.45) is 0 Å². The summed E-state index contributed by atoms with van der Waals surface area (Å²) in [7, 11) is 2.05. The fourth-order valence-electron chi connectivity index (χ4n) is 1.92. The Morgan fingerprint density at radius 1 is 1.35 bits per heavy atom. The van der Waals surface area contributed by atoms with E-state index in [0.717, 1.165) is 16.2 Å². The first-order valence-electron chi connectivity index (χ1n) is 6.17. The van der Waals surface area contributed by atoms with E-state index in [4.69, 9.17) is 16.6 Å². The molecule has 0 fully saturated rings. The van der Waals surface area contributed by atoms with Crippen LogP contribution in [0.2, 0.25) is 4.34 Å². The summed E-state index contributed by atoms with van der Waals surface area (Å²) in [5.74, 6) is 0. The van der Waals surface area contributed by atoms with Gasteiger partial charge in [0.25, 0.3) is 0 Å². The van der Waals surface area contributed by atoms with Crippen LogP contribution in [-0.4, -0.2) is 26.5 Å². The molecule has 2 aromatic heterocycles. The molecule has 0 saturated heterocycles. The minimum atomic E-state index is 0.213. The molecule has 7 heteroatoms. The maximum absolute atomic E-state index is 6.05. The van der Waals surface area contributed by atoms with Crippen molar-refractivity contribution in [1.29, 1.82) is 0 Å². The van der Waals surface area contributed by atoms with Crippen LogP contribution in [0.15, 0.2) is 24.3 Å². The van der Waals surface area contributed by atoms with Gasteiger partial charge in [0.1, 0.15) is 15.0 Å². The van der Waals surface area contributed by atoms with E-state index in [1.54, 1.807) is 11.3 Å². The van der Waals surface area contributed by atoms with Gasteiger partial charge in [0.2, 0.25) is 0 Å². The van der Waals surface area contributed by atoms with Gasteiger partial charge in [-0.1, -0.05) is 28.2 Å². The highest BCUT2D eigenvalue weighted by atomic mass is 35.5. The number of fused-ring (bicyclic) bond motifs is 1. The third kappa shape index (κ3) is 2.69. The number of aromatic nitrogens is 3. The van der Waals surface area contributed by atoms with Gasteiger partial charge in [-0.15, -0.1) is 16.4 Å². The zero-order valence-corrected chi connectivity index (χ0v) is 13.5. The lowest BCUT2D eigenvalue weighted by Crippen LogP contribution is -2.22. The number of para-hydroxylation sites is 1. The lowest BCUT2D eigenvalue weighted by atomic mass is 10.3. The topological polar surface area (TPSA) is 41.9 Å². The molecule has 0 amide bonds. The molecule has 1 unspecified atom stereocenters. The summed E-state index contributed by atoms with van der Waals surface area (Å²) in [5.41, 5.74) is 1.88. The molecule has 0 aliphatic rings. The first-order valence-corrected chi connectivity index (χ1v) is 8.14. The molecule has 104 valence electrons. The minimum Gasteiger partial charge on any atom is -0.291 e. The first kappa shape index (κ1) is 13.9. The standard InChI is InChI=1S/C13H13ClN4S2/c1-8(18(2)7-10-12(14)20-17-16-10)13-15-9-5-3-4-6-11(9)19-13/h3-6,8H,7H2,1-2H3. The molecule has 0 saturated carbocycles. The normalized spacial score (nSPS) is 13.2. The number of hydrogen-bond donors (Lipinski definition) is 0. The number of nitrogens with zero attached hydrogens (tertiary/aromatic N) is 4.